The van der Waals surface area contributed by atoms with Crippen LogP contribution < -0.4 is 10.6 Å². The van der Waals surface area contributed by atoms with Gasteiger partial charge in [0.05, 0.1) is 27.0 Å². The van der Waals surface area contributed by atoms with Crippen molar-refractivity contribution in [2.24, 2.45) is 0 Å². The summed E-state index contributed by atoms with van der Waals surface area (Å²) >= 11 is 1.62. The minimum Gasteiger partial charge on any atom is -0.420 e. The Bertz CT molecular complexity index is 1120. The van der Waals surface area contributed by atoms with Gasteiger partial charge in [0.15, 0.2) is 0 Å². The first-order valence-electron chi connectivity index (χ1n) is 9.74. The third-order valence-corrected chi connectivity index (χ3v) is 5.45. The number of thiazole rings is 1. The van der Waals surface area contributed by atoms with E-state index >= 15 is 0 Å². The molecule has 0 spiro atoms. The van der Waals surface area contributed by atoms with Gasteiger partial charge in [0.25, 0.3) is 5.89 Å². The molecule has 0 amide bonds. The van der Waals surface area contributed by atoms with Gasteiger partial charge in [-0.3, -0.25) is 0 Å². The van der Waals surface area contributed by atoms with Crippen LogP contribution in [0, 0.1) is 0 Å². The van der Waals surface area contributed by atoms with Crippen LogP contribution in [0.1, 0.15) is 45.9 Å². The standard InChI is InChI=1S/C21H24N6OS/c1-5-13(4)20-26-27-21(28-20)15-10-22-19(9-17(15)24-12(2)3)25-14-6-7-16-18(8-14)29-11-23-16/h6-13H,5H2,1-4H3,(H2,22,24,25). The molecule has 29 heavy (non-hydrogen) atoms. The van der Waals surface area contributed by atoms with E-state index in [-0.39, 0.29) is 12.0 Å². The summed E-state index contributed by atoms with van der Waals surface area (Å²) in [5.41, 5.74) is 5.51. The number of pyridine rings is 1. The maximum Gasteiger partial charge on any atom is 0.251 e. The fourth-order valence-electron chi connectivity index (χ4n) is 2.92. The summed E-state index contributed by atoms with van der Waals surface area (Å²) < 4.78 is 7.05. The van der Waals surface area contributed by atoms with E-state index in [1.165, 1.54) is 0 Å². The highest BCUT2D eigenvalue weighted by molar-refractivity contribution is 7.16. The fourth-order valence-corrected chi connectivity index (χ4v) is 3.64. The molecule has 0 aliphatic rings. The molecule has 3 heterocycles. The minimum atomic E-state index is 0.230. The van der Waals surface area contributed by atoms with Gasteiger partial charge in [-0.25, -0.2) is 9.97 Å². The van der Waals surface area contributed by atoms with Crippen LogP contribution in [-0.4, -0.2) is 26.2 Å². The largest absolute Gasteiger partial charge is 0.420 e. The lowest BCUT2D eigenvalue weighted by Crippen LogP contribution is -2.11. The zero-order valence-corrected chi connectivity index (χ0v) is 17.7. The lowest BCUT2D eigenvalue weighted by atomic mass is 10.1. The molecule has 4 aromatic rings. The lowest BCUT2D eigenvalue weighted by Gasteiger charge is -2.15. The van der Waals surface area contributed by atoms with E-state index in [1.54, 1.807) is 17.5 Å². The summed E-state index contributed by atoms with van der Waals surface area (Å²) in [6.07, 6.45) is 2.72. The molecule has 1 aromatic carbocycles. The molecular formula is C21H24N6OS. The topological polar surface area (TPSA) is 88.8 Å². The summed E-state index contributed by atoms with van der Waals surface area (Å²) in [6, 6.07) is 8.30. The summed E-state index contributed by atoms with van der Waals surface area (Å²) in [4.78, 5) is 8.89. The molecule has 0 saturated heterocycles. The number of hydrogen-bond acceptors (Lipinski definition) is 8. The quantitative estimate of drug-likeness (QED) is 0.398. The van der Waals surface area contributed by atoms with Gasteiger partial charge in [0.2, 0.25) is 5.89 Å². The number of aromatic nitrogens is 4. The van der Waals surface area contributed by atoms with Gasteiger partial charge in [-0.2, -0.15) is 0 Å². The molecule has 0 saturated carbocycles. The van der Waals surface area contributed by atoms with E-state index in [0.29, 0.717) is 11.8 Å². The third-order valence-electron chi connectivity index (χ3n) is 4.66. The Balaban J connectivity index is 1.65. The molecule has 1 atom stereocenters. The number of nitrogens with one attached hydrogen (secondary N) is 2. The van der Waals surface area contributed by atoms with Crippen molar-refractivity contribution in [2.45, 2.75) is 46.1 Å². The van der Waals surface area contributed by atoms with Gasteiger partial charge in [-0.15, -0.1) is 21.5 Å². The van der Waals surface area contributed by atoms with Crippen LogP contribution in [0.4, 0.5) is 17.2 Å². The Kier molecular flexibility index (Phi) is 5.44. The van der Waals surface area contributed by atoms with Gasteiger partial charge >= 0.3 is 0 Å². The van der Waals surface area contributed by atoms with E-state index in [9.17, 15) is 0 Å². The van der Waals surface area contributed by atoms with Crippen molar-refractivity contribution >= 4 is 38.7 Å². The zero-order valence-electron chi connectivity index (χ0n) is 16.9. The zero-order chi connectivity index (χ0) is 20.4. The second-order valence-electron chi connectivity index (χ2n) is 7.33. The fraction of sp³-hybridized carbons (Fsp3) is 0.333. The Hall–Kier alpha value is -3.00. The van der Waals surface area contributed by atoms with Crippen molar-refractivity contribution in [1.29, 1.82) is 0 Å². The Morgan fingerprint density at radius 1 is 1.10 bits per heavy atom. The minimum absolute atomic E-state index is 0.230. The average Bonchev–Trinajstić information content (AvgIpc) is 3.36. The van der Waals surface area contributed by atoms with Gasteiger partial charge in [-0.05, 0) is 38.5 Å². The Labute approximate surface area is 173 Å². The van der Waals surface area contributed by atoms with Crippen LogP contribution in [-0.2, 0) is 0 Å². The van der Waals surface area contributed by atoms with Crippen LogP contribution in [0.3, 0.4) is 0 Å². The van der Waals surface area contributed by atoms with Gasteiger partial charge in [-0.1, -0.05) is 13.8 Å². The molecule has 3 aromatic heterocycles. The van der Waals surface area contributed by atoms with E-state index in [2.05, 4.69) is 64.6 Å². The third kappa shape index (κ3) is 4.22. The molecule has 0 radical (unpaired) electrons. The highest BCUT2D eigenvalue weighted by Crippen LogP contribution is 2.32. The first kappa shape index (κ1) is 19.3. The van der Waals surface area contributed by atoms with Crippen molar-refractivity contribution in [3.63, 3.8) is 0 Å². The number of anilines is 3. The van der Waals surface area contributed by atoms with E-state index in [0.717, 1.165) is 39.4 Å². The SMILES string of the molecule is CCC(C)c1nnc(-c2cnc(Nc3ccc4ncsc4c3)cc2NC(C)C)o1. The first-order valence-corrected chi connectivity index (χ1v) is 10.6. The maximum absolute atomic E-state index is 5.91. The van der Waals surface area contributed by atoms with Crippen LogP contribution in [0.25, 0.3) is 21.7 Å². The van der Waals surface area contributed by atoms with Crippen molar-refractivity contribution in [1.82, 2.24) is 20.2 Å². The maximum atomic E-state index is 5.91. The van der Waals surface area contributed by atoms with Crippen LogP contribution in [0.5, 0.6) is 0 Å². The lowest BCUT2D eigenvalue weighted by molar-refractivity contribution is 0.462. The van der Waals surface area contributed by atoms with Crippen molar-refractivity contribution in [2.75, 3.05) is 10.6 Å². The molecule has 8 heteroatoms. The predicted molar refractivity (Wildman–Crippen MR) is 118 cm³/mol. The smallest absolute Gasteiger partial charge is 0.251 e. The van der Waals surface area contributed by atoms with Gasteiger partial charge < -0.3 is 15.1 Å². The highest BCUT2D eigenvalue weighted by atomic mass is 32.1. The number of hydrogen-bond donors (Lipinski definition) is 2. The first-order chi connectivity index (χ1) is 14.0. The van der Waals surface area contributed by atoms with Crippen molar-refractivity contribution < 1.29 is 4.42 Å². The Morgan fingerprint density at radius 3 is 2.76 bits per heavy atom. The summed E-state index contributed by atoms with van der Waals surface area (Å²) in [7, 11) is 0. The van der Waals surface area contributed by atoms with E-state index in [4.69, 9.17) is 4.42 Å². The molecule has 7 nitrogen and oxygen atoms in total. The average molecular weight is 409 g/mol. The van der Waals surface area contributed by atoms with Crippen LogP contribution in [0.15, 0.2) is 40.4 Å². The van der Waals surface area contributed by atoms with Gasteiger partial charge in [0, 0.05) is 29.9 Å². The molecular weight excluding hydrogens is 384 g/mol. The summed E-state index contributed by atoms with van der Waals surface area (Å²) in [5.74, 6) is 2.10. The second-order valence-corrected chi connectivity index (χ2v) is 8.22. The molecule has 150 valence electrons. The molecule has 4 rings (SSSR count). The molecule has 0 aliphatic carbocycles. The molecule has 1 unspecified atom stereocenters. The van der Waals surface area contributed by atoms with Crippen molar-refractivity contribution in [3.05, 3.63) is 41.9 Å². The molecule has 0 fully saturated rings. The van der Waals surface area contributed by atoms with E-state index < -0.39 is 0 Å². The van der Waals surface area contributed by atoms with Crippen LogP contribution >= 0.6 is 11.3 Å². The number of benzene rings is 1. The highest BCUT2D eigenvalue weighted by Gasteiger charge is 2.17. The second kappa shape index (κ2) is 8.16. The van der Waals surface area contributed by atoms with Crippen LogP contribution in [0.2, 0.25) is 0 Å². The number of nitrogens with zero attached hydrogens (tertiary/aromatic N) is 4. The summed E-state index contributed by atoms with van der Waals surface area (Å²) in [6.45, 7) is 8.36. The number of rotatable bonds is 7. The monoisotopic (exact) mass is 408 g/mol. The summed E-state index contributed by atoms with van der Waals surface area (Å²) in [5, 5.41) is 15.3. The van der Waals surface area contributed by atoms with Crippen molar-refractivity contribution in [3.8, 4) is 11.5 Å². The van der Waals surface area contributed by atoms with E-state index in [1.807, 2.05) is 23.7 Å². The van der Waals surface area contributed by atoms with Gasteiger partial charge in [0.1, 0.15) is 5.82 Å². The normalized spacial score (nSPS) is 12.4. The predicted octanol–water partition coefficient (Wildman–Crippen LogP) is 5.82. The Morgan fingerprint density at radius 2 is 1.97 bits per heavy atom. The molecule has 0 aliphatic heterocycles. The molecule has 0 bridgehead atoms. The number of fused-ring (bicyclic) bond motifs is 1. The molecule has 2 N–H and O–H groups in total.